The fourth-order valence-electron chi connectivity index (χ4n) is 6.42. The zero-order valence-electron chi connectivity index (χ0n) is 17.5. The molecule has 3 aliphatic carbocycles. The molecule has 3 rings (SSSR count). The Morgan fingerprint density at radius 3 is 2.70 bits per heavy atom. The third kappa shape index (κ3) is 3.72. The van der Waals surface area contributed by atoms with Crippen molar-refractivity contribution in [3.8, 4) is 0 Å². The fourth-order valence-corrected chi connectivity index (χ4v) is 6.42. The second kappa shape index (κ2) is 7.87. The lowest BCUT2D eigenvalue weighted by atomic mass is 9.46. The fraction of sp³-hybridized carbons (Fsp3) is 0.870. The summed E-state index contributed by atoms with van der Waals surface area (Å²) in [5.74, 6) is 2.23. The average molecular weight is 379 g/mol. The van der Waals surface area contributed by atoms with Crippen molar-refractivity contribution in [2.45, 2.75) is 78.7 Å². The summed E-state index contributed by atoms with van der Waals surface area (Å²) in [6.45, 7) is 8.67. The molecule has 2 fully saturated rings. The summed E-state index contributed by atoms with van der Waals surface area (Å²) in [6.07, 6.45) is 9.29. The van der Waals surface area contributed by atoms with Gasteiger partial charge in [-0.3, -0.25) is 4.79 Å². The van der Waals surface area contributed by atoms with Crippen LogP contribution in [0, 0.1) is 34.5 Å². The molecule has 3 aliphatic rings. The molecule has 0 heterocycles. The molecule has 0 aliphatic heterocycles. The molecule has 2 saturated carbocycles. The highest BCUT2D eigenvalue weighted by molar-refractivity contribution is 5.77. The van der Waals surface area contributed by atoms with Crippen LogP contribution in [0.2, 0.25) is 0 Å². The van der Waals surface area contributed by atoms with Gasteiger partial charge in [-0.25, -0.2) is 0 Å². The number of allylic oxidation sites excluding steroid dienone is 2. The molecular weight excluding hydrogens is 340 g/mol. The number of fused-ring (bicyclic) bond motifs is 3. The van der Waals surface area contributed by atoms with Crippen LogP contribution in [0.5, 0.6) is 0 Å². The summed E-state index contributed by atoms with van der Waals surface area (Å²) in [4.78, 5) is 13.0. The van der Waals surface area contributed by atoms with E-state index in [1.54, 1.807) is 5.57 Å². The van der Waals surface area contributed by atoms with Gasteiger partial charge >= 0.3 is 5.97 Å². The van der Waals surface area contributed by atoms with Crippen LogP contribution in [-0.2, 0) is 9.53 Å². The lowest BCUT2D eigenvalue weighted by Crippen LogP contribution is -2.54. The normalized spacial score (nSPS) is 40.0. The van der Waals surface area contributed by atoms with Crippen LogP contribution in [0.4, 0.5) is 0 Å². The molecule has 4 nitrogen and oxygen atoms in total. The highest BCUT2D eigenvalue weighted by atomic mass is 16.5. The number of aliphatic hydroxyl groups excluding tert-OH is 2. The first-order valence-corrected chi connectivity index (χ1v) is 10.9. The molecule has 0 bridgehead atoms. The number of hydrogen-bond acceptors (Lipinski definition) is 4. The van der Waals surface area contributed by atoms with Gasteiger partial charge in [-0.05, 0) is 74.5 Å². The molecule has 6 atom stereocenters. The van der Waals surface area contributed by atoms with Crippen LogP contribution in [0.25, 0.3) is 0 Å². The van der Waals surface area contributed by atoms with Gasteiger partial charge in [0.2, 0.25) is 0 Å². The molecule has 27 heavy (non-hydrogen) atoms. The van der Waals surface area contributed by atoms with Crippen molar-refractivity contribution in [3.05, 3.63) is 11.6 Å². The molecule has 4 heteroatoms. The number of aliphatic hydroxyl groups is 2. The smallest absolute Gasteiger partial charge is 0.312 e. The Labute approximate surface area is 164 Å². The highest BCUT2D eigenvalue weighted by Crippen LogP contribution is 2.63. The second-order valence-corrected chi connectivity index (χ2v) is 10.1. The van der Waals surface area contributed by atoms with Gasteiger partial charge in [-0.2, -0.15) is 0 Å². The molecule has 0 aromatic heterocycles. The van der Waals surface area contributed by atoms with E-state index in [0.717, 1.165) is 31.1 Å². The molecule has 0 spiro atoms. The van der Waals surface area contributed by atoms with Crippen LogP contribution in [-0.4, -0.2) is 35.5 Å². The molecular formula is C23H38O4. The van der Waals surface area contributed by atoms with Crippen LogP contribution in [0.1, 0.15) is 72.6 Å². The Morgan fingerprint density at radius 1 is 1.30 bits per heavy atom. The van der Waals surface area contributed by atoms with Crippen molar-refractivity contribution >= 4 is 5.97 Å². The van der Waals surface area contributed by atoms with Crippen molar-refractivity contribution in [1.29, 1.82) is 0 Å². The van der Waals surface area contributed by atoms with E-state index >= 15 is 0 Å². The lowest BCUT2D eigenvalue weighted by Gasteiger charge is -2.58. The summed E-state index contributed by atoms with van der Waals surface area (Å²) in [6, 6.07) is 0. The van der Waals surface area contributed by atoms with Gasteiger partial charge in [0, 0.05) is 0 Å². The minimum atomic E-state index is -0.989. The maximum Gasteiger partial charge on any atom is 0.312 e. The Balaban J connectivity index is 1.81. The number of rotatable bonds is 5. The Kier molecular flexibility index (Phi) is 6.08. The molecule has 0 aromatic rings. The zero-order valence-corrected chi connectivity index (χ0v) is 17.5. The van der Waals surface area contributed by atoms with Gasteiger partial charge in [0.25, 0.3) is 0 Å². The van der Waals surface area contributed by atoms with Crippen molar-refractivity contribution < 1.29 is 19.7 Å². The number of carbonyl (C=O) groups is 1. The maximum absolute atomic E-state index is 13.0. The van der Waals surface area contributed by atoms with Gasteiger partial charge in [0.05, 0.1) is 12.0 Å². The molecule has 154 valence electrons. The van der Waals surface area contributed by atoms with E-state index in [2.05, 4.69) is 33.8 Å². The van der Waals surface area contributed by atoms with Gasteiger partial charge in [0.1, 0.15) is 12.7 Å². The number of hydrogen-bond donors (Lipinski definition) is 2. The summed E-state index contributed by atoms with van der Waals surface area (Å²) >= 11 is 0. The van der Waals surface area contributed by atoms with Crippen molar-refractivity contribution in [2.24, 2.45) is 34.5 Å². The summed E-state index contributed by atoms with van der Waals surface area (Å²) in [5.41, 5.74) is 1.30. The summed E-state index contributed by atoms with van der Waals surface area (Å²) in [5, 5.41) is 18.6. The van der Waals surface area contributed by atoms with E-state index < -0.39 is 11.5 Å². The van der Waals surface area contributed by atoms with Crippen LogP contribution in [0.3, 0.4) is 0 Å². The maximum atomic E-state index is 13.0. The lowest BCUT2D eigenvalue weighted by molar-refractivity contribution is -0.173. The summed E-state index contributed by atoms with van der Waals surface area (Å²) in [7, 11) is 0. The number of esters is 1. The quantitative estimate of drug-likeness (QED) is 0.558. The molecule has 2 N–H and O–H groups in total. The summed E-state index contributed by atoms with van der Waals surface area (Å²) < 4.78 is 5.45. The van der Waals surface area contributed by atoms with E-state index in [1.165, 1.54) is 25.7 Å². The first-order chi connectivity index (χ1) is 12.7. The monoisotopic (exact) mass is 378 g/mol. The Bertz CT molecular complexity index is 583. The molecule has 0 aromatic carbocycles. The number of carbonyl (C=O) groups excluding carboxylic acids is 1. The third-order valence-corrected chi connectivity index (χ3v) is 8.19. The Morgan fingerprint density at radius 2 is 2.04 bits per heavy atom. The van der Waals surface area contributed by atoms with E-state index in [1.807, 2.05) is 0 Å². The first kappa shape index (κ1) is 20.9. The molecule has 0 amide bonds. The van der Waals surface area contributed by atoms with Gasteiger partial charge in [0.15, 0.2) is 0 Å². The molecule has 0 radical (unpaired) electrons. The van der Waals surface area contributed by atoms with E-state index in [4.69, 9.17) is 9.84 Å². The van der Waals surface area contributed by atoms with Crippen molar-refractivity contribution in [3.63, 3.8) is 0 Å². The van der Waals surface area contributed by atoms with Gasteiger partial charge in [-0.15, -0.1) is 0 Å². The van der Waals surface area contributed by atoms with Gasteiger partial charge in [-0.1, -0.05) is 38.8 Å². The SMILES string of the molecule is CC(C)C1CCC2C(=CCC3C(C)(C(=O)OCC(O)CO)CCCC23C)C1. The van der Waals surface area contributed by atoms with E-state index in [9.17, 15) is 9.90 Å². The van der Waals surface area contributed by atoms with Crippen LogP contribution in [0.15, 0.2) is 11.6 Å². The zero-order chi connectivity index (χ0) is 19.8. The van der Waals surface area contributed by atoms with Crippen LogP contribution >= 0.6 is 0 Å². The second-order valence-electron chi connectivity index (χ2n) is 10.1. The highest BCUT2D eigenvalue weighted by Gasteiger charge is 2.58. The predicted octanol–water partition coefficient (Wildman–Crippen LogP) is 4.10. The largest absolute Gasteiger partial charge is 0.462 e. The van der Waals surface area contributed by atoms with Crippen LogP contribution < -0.4 is 0 Å². The third-order valence-electron chi connectivity index (χ3n) is 8.19. The minimum absolute atomic E-state index is 0.116. The average Bonchev–Trinajstić information content (AvgIpc) is 2.65. The van der Waals surface area contributed by atoms with E-state index in [-0.39, 0.29) is 24.6 Å². The first-order valence-electron chi connectivity index (χ1n) is 10.9. The van der Waals surface area contributed by atoms with E-state index in [0.29, 0.717) is 11.8 Å². The predicted molar refractivity (Wildman–Crippen MR) is 106 cm³/mol. The molecule has 0 saturated heterocycles. The minimum Gasteiger partial charge on any atom is -0.462 e. The Hall–Kier alpha value is -0.870. The van der Waals surface area contributed by atoms with Gasteiger partial charge < -0.3 is 14.9 Å². The topological polar surface area (TPSA) is 66.8 Å². The standard InChI is InChI=1S/C23H38O4/c1-15(2)16-6-8-19-17(12-16)7-9-20-22(19,3)10-5-11-23(20,4)21(26)27-14-18(25)13-24/h7,15-16,18-20,24-25H,5-6,8-14H2,1-4H3. The van der Waals surface area contributed by atoms with Crippen molar-refractivity contribution in [2.75, 3.05) is 13.2 Å². The van der Waals surface area contributed by atoms with Crippen molar-refractivity contribution in [1.82, 2.24) is 0 Å². The number of ether oxygens (including phenoxy) is 1. The molecule has 6 unspecified atom stereocenters.